The standard InChI is InChI=1S/C21H29N5O2S2/c1-15-5-6-18(12-16(15)2)22-20-23-26(21(29)30-20)14-24-7-3-4-17(13-24)19(27)25-8-10-28-11-9-25/h5-6,12,17H,3-4,7-11,13-14H2,1-2H3,(H,22,23). The summed E-state index contributed by atoms with van der Waals surface area (Å²) in [5.41, 5.74) is 3.53. The van der Waals surface area contributed by atoms with E-state index in [9.17, 15) is 4.79 Å². The van der Waals surface area contributed by atoms with Crippen molar-refractivity contribution < 1.29 is 9.53 Å². The normalized spacial score (nSPS) is 20.3. The highest BCUT2D eigenvalue weighted by Gasteiger charge is 2.30. The maximum atomic E-state index is 12.9. The summed E-state index contributed by atoms with van der Waals surface area (Å²) in [6.07, 6.45) is 1.97. The third kappa shape index (κ3) is 5.08. The Hall–Kier alpha value is -1.81. The van der Waals surface area contributed by atoms with Crippen LogP contribution in [0.15, 0.2) is 18.2 Å². The number of benzene rings is 1. The molecule has 2 aromatic rings. The fourth-order valence-corrected chi connectivity index (χ4v) is 5.02. The van der Waals surface area contributed by atoms with E-state index in [2.05, 4.69) is 47.4 Å². The van der Waals surface area contributed by atoms with Gasteiger partial charge in [0, 0.05) is 25.3 Å². The summed E-state index contributed by atoms with van der Waals surface area (Å²) in [6.45, 7) is 9.26. The predicted octanol–water partition coefficient (Wildman–Crippen LogP) is 3.56. The van der Waals surface area contributed by atoms with Gasteiger partial charge in [0.2, 0.25) is 11.0 Å². The van der Waals surface area contributed by atoms with Crippen LogP contribution in [0.2, 0.25) is 0 Å². The topological polar surface area (TPSA) is 62.6 Å². The molecule has 1 amide bonds. The molecule has 0 aliphatic carbocycles. The molecule has 7 nitrogen and oxygen atoms in total. The number of nitrogens with zero attached hydrogens (tertiary/aromatic N) is 4. The number of piperidine rings is 1. The zero-order valence-corrected chi connectivity index (χ0v) is 19.2. The Morgan fingerprint density at radius 3 is 2.83 bits per heavy atom. The Kier molecular flexibility index (Phi) is 6.82. The smallest absolute Gasteiger partial charge is 0.227 e. The summed E-state index contributed by atoms with van der Waals surface area (Å²) in [4.78, 5) is 17.1. The van der Waals surface area contributed by atoms with Crippen molar-refractivity contribution in [2.24, 2.45) is 5.92 Å². The summed E-state index contributed by atoms with van der Waals surface area (Å²) in [5, 5.41) is 8.84. The number of likely N-dealkylation sites (tertiary alicyclic amines) is 1. The van der Waals surface area contributed by atoms with E-state index in [4.69, 9.17) is 17.0 Å². The lowest BCUT2D eigenvalue weighted by atomic mass is 9.96. The van der Waals surface area contributed by atoms with Gasteiger partial charge in [0.1, 0.15) is 0 Å². The van der Waals surface area contributed by atoms with E-state index < -0.39 is 0 Å². The molecule has 1 atom stereocenters. The van der Waals surface area contributed by atoms with Gasteiger partial charge in [0.15, 0.2) is 3.95 Å². The van der Waals surface area contributed by atoms with Crippen LogP contribution in [0.1, 0.15) is 24.0 Å². The summed E-state index contributed by atoms with van der Waals surface area (Å²) < 4.78 is 7.98. The second-order valence-corrected chi connectivity index (χ2v) is 9.71. The molecule has 0 radical (unpaired) electrons. The van der Waals surface area contributed by atoms with Gasteiger partial charge in [0.05, 0.1) is 25.8 Å². The van der Waals surface area contributed by atoms with Gasteiger partial charge in [-0.1, -0.05) is 17.4 Å². The van der Waals surface area contributed by atoms with Crippen LogP contribution in [0.5, 0.6) is 0 Å². The van der Waals surface area contributed by atoms with Crippen LogP contribution in [0.3, 0.4) is 0 Å². The molecule has 162 valence electrons. The molecule has 9 heteroatoms. The molecule has 0 bridgehead atoms. The lowest BCUT2D eigenvalue weighted by Crippen LogP contribution is -2.48. The number of hydrogen-bond donors (Lipinski definition) is 1. The van der Waals surface area contributed by atoms with E-state index >= 15 is 0 Å². The van der Waals surface area contributed by atoms with Crippen LogP contribution in [0, 0.1) is 23.7 Å². The number of ether oxygens (including phenoxy) is 1. The van der Waals surface area contributed by atoms with Gasteiger partial charge in [0.25, 0.3) is 0 Å². The summed E-state index contributed by atoms with van der Waals surface area (Å²) in [7, 11) is 0. The second-order valence-electron chi connectivity index (χ2n) is 8.09. The van der Waals surface area contributed by atoms with Crippen molar-refractivity contribution in [1.82, 2.24) is 19.6 Å². The number of carbonyl (C=O) groups is 1. The molecule has 1 N–H and O–H groups in total. The average Bonchev–Trinajstić information content (AvgIpc) is 3.09. The van der Waals surface area contributed by atoms with Crippen molar-refractivity contribution in [2.75, 3.05) is 44.7 Å². The molecule has 0 spiro atoms. The molecule has 2 aliphatic rings. The minimum atomic E-state index is 0.0535. The summed E-state index contributed by atoms with van der Waals surface area (Å²) in [6, 6.07) is 6.29. The van der Waals surface area contributed by atoms with Gasteiger partial charge in [-0.3, -0.25) is 9.69 Å². The van der Waals surface area contributed by atoms with E-state index in [0.29, 0.717) is 33.0 Å². The van der Waals surface area contributed by atoms with Crippen LogP contribution >= 0.6 is 23.6 Å². The number of morpholine rings is 1. The molecule has 30 heavy (non-hydrogen) atoms. The van der Waals surface area contributed by atoms with E-state index in [-0.39, 0.29) is 11.8 Å². The van der Waals surface area contributed by atoms with E-state index in [1.807, 2.05) is 9.58 Å². The van der Waals surface area contributed by atoms with E-state index in [1.165, 1.54) is 22.5 Å². The number of anilines is 2. The van der Waals surface area contributed by atoms with Crippen LogP contribution in [-0.4, -0.2) is 64.9 Å². The quantitative estimate of drug-likeness (QED) is 0.707. The third-order valence-corrected chi connectivity index (χ3v) is 7.10. The van der Waals surface area contributed by atoms with Crippen molar-refractivity contribution in [3.63, 3.8) is 0 Å². The largest absolute Gasteiger partial charge is 0.378 e. The van der Waals surface area contributed by atoms with Gasteiger partial charge >= 0.3 is 0 Å². The number of aryl methyl sites for hydroxylation is 2. The molecule has 4 rings (SSSR count). The molecule has 3 heterocycles. The molecule has 0 saturated carbocycles. The minimum absolute atomic E-state index is 0.0535. The molecule has 2 fully saturated rings. The Bertz CT molecular complexity index is 951. The zero-order chi connectivity index (χ0) is 21.1. The molecule has 2 aliphatic heterocycles. The lowest BCUT2D eigenvalue weighted by Gasteiger charge is -2.36. The lowest BCUT2D eigenvalue weighted by molar-refractivity contribution is -0.141. The van der Waals surface area contributed by atoms with Gasteiger partial charge in [-0.2, -0.15) is 0 Å². The number of nitrogens with one attached hydrogen (secondary N) is 1. The Balaban J connectivity index is 1.38. The van der Waals surface area contributed by atoms with Crippen molar-refractivity contribution in [2.45, 2.75) is 33.4 Å². The maximum Gasteiger partial charge on any atom is 0.227 e. The van der Waals surface area contributed by atoms with E-state index in [0.717, 1.165) is 40.7 Å². The molecular formula is C21H29N5O2S2. The van der Waals surface area contributed by atoms with Crippen LogP contribution in [-0.2, 0) is 16.2 Å². The summed E-state index contributed by atoms with van der Waals surface area (Å²) in [5.74, 6) is 0.319. The molecule has 1 aromatic carbocycles. The Morgan fingerprint density at radius 1 is 1.27 bits per heavy atom. The highest BCUT2D eigenvalue weighted by Crippen LogP contribution is 2.24. The van der Waals surface area contributed by atoms with Crippen LogP contribution in [0.25, 0.3) is 0 Å². The van der Waals surface area contributed by atoms with Crippen molar-refractivity contribution in [3.8, 4) is 0 Å². The van der Waals surface area contributed by atoms with Crippen molar-refractivity contribution in [3.05, 3.63) is 33.3 Å². The predicted molar refractivity (Wildman–Crippen MR) is 122 cm³/mol. The average molecular weight is 448 g/mol. The highest BCUT2D eigenvalue weighted by atomic mass is 32.1. The van der Waals surface area contributed by atoms with Crippen LogP contribution in [0.4, 0.5) is 10.8 Å². The number of carbonyl (C=O) groups excluding carboxylic acids is 1. The number of rotatable bonds is 5. The van der Waals surface area contributed by atoms with Gasteiger partial charge in [-0.25, -0.2) is 4.68 Å². The van der Waals surface area contributed by atoms with Crippen molar-refractivity contribution >= 4 is 40.3 Å². The first-order valence-electron chi connectivity index (χ1n) is 10.5. The minimum Gasteiger partial charge on any atom is -0.378 e. The number of aromatic nitrogens is 2. The first kappa shape index (κ1) is 21.4. The first-order valence-corrected chi connectivity index (χ1v) is 11.7. The highest BCUT2D eigenvalue weighted by molar-refractivity contribution is 7.73. The number of hydrogen-bond acceptors (Lipinski definition) is 7. The monoisotopic (exact) mass is 447 g/mol. The fourth-order valence-electron chi connectivity index (χ4n) is 4.01. The fraction of sp³-hybridized carbons (Fsp3) is 0.571. The van der Waals surface area contributed by atoms with Gasteiger partial charge in [-0.05, 0) is 68.7 Å². The second kappa shape index (κ2) is 9.55. The van der Waals surface area contributed by atoms with E-state index in [1.54, 1.807) is 0 Å². The Labute approximate surface area is 186 Å². The van der Waals surface area contributed by atoms with Gasteiger partial charge in [-0.15, -0.1) is 5.10 Å². The summed E-state index contributed by atoms with van der Waals surface area (Å²) >= 11 is 7.03. The van der Waals surface area contributed by atoms with Gasteiger partial charge < -0.3 is 15.0 Å². The molecule has 1 unspecified atom stereocenters. The molecular weight excluding hydrogens is 418 g/mol. The third-order valence-electron chi connectivity index (χ3n) is 5.88. The maximum absolute atomic E-state index is 12.9. The first-order chi connectivity index (χ1) is 14.5. The zero-order valence-electron chi connectivity index (χ0n) is 17.6. The molecule has 1 aromatic heterocycles. The van der Waals surface area contributed by atoms with Crippen LogP contribution < -0.4 is 5.32 Å². The van der Waals surface area contributed by atoms with Crippen molar-refractivity contribution in [1.29, 1.82) is 0 Å². The molecule has 2 saturated heterocycles. The number of amides is 1. The Morgan fingerprint density at radius 2 is 2.07 bits per heavy atom. The SMILES string of the molecule is Cc1ccc(Nc2nn(CN3CCCC(C(=O)N4CCOCC4)C3)c(=S)s2)cc1C.